The molecule has 7 nitrogen and oxygen atoms in total. The van der Waals surface area contributed by atoms with Crippen molar-refractivity contribution < 1.29 is 27.5 Å². The van der Waals surface area contributed by atoms with Gasteiger partial charge in [-0.15, -0.1) is 0 Å². The number of alkyl halides is 3. The summed E-state index contributed by atoms with van der Waals surface area (Å²) >= 11 is 0. The highest BCUT2D eigenvalue weighted by Gasteiger charge is 2.44. The molecule has 10 heteroatoms. The lowest BCUT2D eigenvalue weighted by atomic mass is 9.78. The fourth-order valence-corrected chi connectivity index (χ4v) is 5.00. The maximum Gasteiger partial charge on any atom is 0.471 e. The zero-order valence-corrected chi connectivity index (χ0v) is 20.3. The summed E-state index contributed by atoms with van der Waals surface area (Å²) in [5, 5.41) is 3.38. The number of ether oxygens (including phenoxy) is 1. The number of esters is 1. The Balaban J connectivity index is 1.39. The number of pyridine rings is 1. The van der Waals surface area contributed by atoms with Gasteiger partial charge in [-0.3, -0.25) is 14.6 Å². The molecule has 1 aromatic carbocycles. The third-order valence-corrected chi connectivity index (χ3v) is 7.06. The minimum Gasteiger partial charge on any atom is -0.466 e. The maximum atomic E-state index is 13.0. The summed E-state index contributed by atoms with van der Waals surface area (Å²) in [5.41, 5.74) is 3.00. The van der Waals surface area contributed by atoms with Gasteiger partial charge in [0.25, 0.3) is 0 Å². The van der Waals surface area contributed by atoms with Crippen LogP contribution in [0.2, 0.25) is 0 Å². The van der Waals surface area contributed by atoms with Crippen LogP contribution in [0.1, 0.15) is 36.5 Å². The van der Waals surface area contributed by atoms with E-state index in [1.807, 2.05) is 30.3 Å². The number of hydrogen-bond donors (Lipinski definition) is 1. The summed E-state index contributed by atoms with van der Waals surface area (Å²) < 4.78 is 44.0. The minimum atomic E-state index is -4.87. The Morgan fingerprint density at radius 3 is 2.47 bits per heavy atom. The van der Waals surface area contributed by atoms with Crippen LogP contribution in [0, 0.1) is 5.41 Å². The molecule has 4 rings (SSSR count). The lowest BCUT2D eigenvalue weighted by Crippen LogP contribution is -2.50. The predicted molar refractivity (Wildman–Crippen MR) is 128 cm³/mol. The van der Waals surface area contributed by atoms with Gasteiger partial charge in [0, 0.05) is 57.3 Å². The van der Waals surface area contributed by atoms with Crippen molar-refractivity contribution >= 4 is 17.6 Å². The Bertz CT molecular complexity index is 1070. The maximum absolute atomic E-state index is 13.0. The van der Waals surface area contributed by atoms with Gasteiger partial charge in [0.2, 0.25) is 0 Å². The summed E-state index contributed by atoms with van der Waals surface area (Å²) in [6.45, 7) is 4.43. The van der Waals surface area contributed by atoms with Gasteiger partial charge in [0.15, 0.2) is 0 Å². The van der Waals surface area contributed by atoms with Crippen molar-refractivity contribution in [3.63, 3.8) is 0 Å². The van der Waals surface area contributed by atoms with E-state index in [1.54, 1.807) is 19.3 Å². The summed E-state index contributed by atoms with van der Waals surface area (Å²) in [6.07, 6.45) is 0.303. The third-order valence-electron chi connectivity index (χ3n) is 7.06. The van der Waals surface area contributed by atoms with Gasteiger partial charge >= 0.3 is 18.1 Å². The monoisotopic (exact) mass is 504 g/mol. The Hall–Kier alpha value is -3.14. The molecule has 0 aliphatic carbocycles. The van der Waals surface area contributed by atoms with Gasteiger partial charge in [-0.25, -0.2) is 0 Å². The Morgan fingerprint density at radius 1 is 1.08 bits per heavy atom. The molecule has 0 unspecified atom stereocenters. The first-order valence-electron chi connectivity index (χ1n) is 12.2. The molecule has 194 valence electrons. The Kier molecular flexibility index (Phi) is 7.82. The predicted octanol–water partition coefficient (Wildman–Crippen LogP) is 3.47. The second kappa shape index (κ2) is 10.9. The molecule has 1 amide bonds. The first-order valence-corrected chi connectivity index (χ1v) is 12.2. The van der Waals surface area contributed by atoms with Gasteiger partial charge in [-0.2, -0.15) is 13.2 Å². The summed E-state index contributed by atoms with van der Waals surface area (Å²) in [5.74, 6) is -2.01. The van der Waals surface area contributed by atoms with Crippen LogP contribution in [-0.4, -0.2) is 60.7 Å². The molecule has 1 fully saturated rings. The van der Waals surface area contributed by atoms with Crippen molar-refractivity contribution in [2.45, 2.75) is 45.5 Å². The minimum absolute atomic E-state index is 0.0564. The Labute approximate surface area is 208 Å². The van der Waals surface area contributed by atoms with Gasteiger partial charge in [-0.1, -0.05) is 18.2 Å². The van der Waals surface area contributed by atoms with Crippen LogP contribution in [0.15, 0.2) is 42.7 Å². The molecular weight excluding hydrogens is 473 g/mol. The average Bonchev–Trinajstić information content (AvgIpc) is 2.88. The second-order valence-electron chi connectivity index (χ2n) is 9.37. The number of benzene rings is 1. The van der Waals surface area contributed by atoms with E-state index in [4.69, 9.17) is 4.74 Å². The number of anilines is 1. The molecule has 0 atom stereocenters. The number of amides is 1. The van der Waals surface area contributed by atoms with Crippen LogP contribution >= 0.6 is 0 Å². The highest BCUT2D eigenvalue weighted by atomic mass is 19.4. The average molecular weight is 505 g/mol. The number of halogens is 3. The number of rotatable bonds is 7. The molecule has 2 aliphatic heterocycles. The number of hydrogen-bond acceptors (Lipinski definition) is 6. The number of fused-ring (bicyclic) bond motifs is 1. The van der Waals surface area contributed by atoms with Crippen molar-refractivity contribution in [2.24, 2.45) is 5.41 Å². The number of aromatic nitrogens is 1. The summed E-state index contributed by atoms with van der Waals surface area (Å²) in [6, 6.07) is 9.61. The zero-order chi connectivity index (χ0) is 25.8. The molecular formula is C26H31F3N4O3. The number of nitrogens with one attached hydrogen (secondary N) is 1. The second-order valence-corrected chi connectivity index (χ2v) is 9.37. The Morgan fingerprint density at radius 2 is 1.81 bits per heavy atom. The quantitative estimate of drug-likeness (QED) is 0.583. The van der Waals surface area contributed by atoms with Crippen molar-refractivity contribution in [1.29, 1.82) is 0 Å². The topological polar surface area (TPSA) is 74.8 Å². The molecule has 36 heavy (non-hydrogen) atoms. The smallest absolute Gasteiger partial charge is 0.466 e. The van der Waals surface area contributed by atoms with Crippen LogP contribution in [0.5, 0.6) is 0 Å². The molecule has 1 aromatic heterocycles. The highest BCUT2D eigenvalue weighted by Crippen LogP contribution is 2.34. The van der Waals surface area contributed by atoms with Crippen molar-refractivity contribution in [2.75, 3.05) is 37.7 Å². The standard InChI is InChI=1S/C26H31F3N4O3/c1-2-36-24(35)25(8-13-32(14-9-25)22-5-10-30-11-6-22)18-31-16-19-3-4-20-7-12-33(17-21(20)15-19)23(34)26(27,28)29/h3-6,10-11,15,31H,2,7-9,12-14,16-18H2,1H3. The van der Waals surface area contributed by atoms with Crippen LogP contribution in [0.3, 0.4) is 0 Å². The van der Waals surface area contributed by atoms with Crippen LogP contribution < -0.4 is 10.2 Å². The van der Waals surface area contributed by atoms with Crippen molar-refractivity contribution in [3.05, 3.63) is 59.4 Å². The third kappa shape index (κ3) is 5.80. The molecule has 2 aliphatic rings. The van der Waals surface area contributed by atoms with Gasteiger partial charge < -0.3 is 19.9 Å². The van der Waals surface area contributed by atoms with Crippen molar-refractivity contribution in [1.82, 2.24) is 15.2 Å². The van der Waals surface area contributed by atoms with Crippen LogP contribution in [0.4, 0.5) is 18.9 Å². The molecule has 0 spiro atoms. The summed E-state index contributed by atoms with van der Waals surface area (Å²) in [4.78, 5) is 31.8. The van der Waals surface area contributed by atoms with Gasteiger partial charge in [-0.05, 0) is 55.0 Å². The molecule has 0 radical (unpaired) electrons. The van der Waals surface area contributed by atoms with Gasteiger partial charge in [0.05, 0.1) is 12.0 Å². The number of carbonyl (C=O) groups is 2. The van der Waals surface area contributed by atoms with Gasteiger partial charge in [0.1, 0.15) is 0 Å². The lowest BCUT2D eigenvalue weighted by molar-refractivity contribution is -0.186. The molecule has 1 N–H and O–H groups in total. The highest BCUT2D eigenvalue weighted by molar-refractivity contribution is 5.82. The zero-order valence-electron chi connectivity index (χ0n) is 20.3. The molecule has 2 aromatic rings. The van der Waals surface area contributed by atoms with E-state index in [0.717, 1.165) is 27.3 Å². The fourth-order valence-electron chi connectivity index (χ4n) is 5.00. The van der Waals surface area contributed by atoms with Crippen LogP contribution in [0.25, 0.3) is 0 Å². The molecule has 0 bridgehead atoms. The van der Waals surface area contributed by atoms with E-state index in [9.17, 15) is 22.8 Å². The lowest BCUT2D eigenvalue weighted by Gasteiger charge is -2.41. The van der Waals surface area contributed by atoms with Crippen LogP contribution in [-0.2, 0) is 33.8 Å². The van der Waals surface area contributed by atoms with E-state index in [0.29, 0.717) is 52.0 Å². The molecule has 0 saturated carbocycles. The number of carbonyl (C=O) groups excluding carboxylic acids is 2. The fraction of sp³-hybridized carbons (Fsp3) is 0.500. The van der Waals surface area contributed by atoms with E-state index < -0.39 is 17.5 Å². The first kappa shape index (κ1) is 25.9. The van der Waals surface area contributed by atoms with E-state index in [-0.39, 0.29) is 19.1 Å². The number of piperidine rings is 1. The van der Waals surface area contributed by atoms with Crippen molar-refractivity contribution in [3.8, 4) is 0 Å². The van der Waals surface area contributed by atoms with E-state index >= 15 is 0 Å². The SMILES string of the molecule is CCOC(=O)C1(CNCc2ccc3c(c2)CN(C(=O)C(F)(F)F)CC3)CCN(c2ccncc2)CC1. The summed E-state index contributed by atoms with van der Waals surface area (Å²) in [7, 11) is 0. The van der Waals surface area contributed by atoms with E-state index in [1.165, 1.54) is 0 Å². The first-order chi connectivity index (χ1) is 17.2. The van der Waals surface area contributed by atoms with E-state index in [2.05, 4.69) is 15.2 Å². The normalized spacial score (nSPS) is 17.4. The molecule has 3 heterocycles. The largest absolute Gasteiger partial charge is 0.471 e. The molecule has 1 saturated heterocycles. The number of nitrogens with zero attached hydrogens (tertiary/aromatic N) is 3.